The molecule has 4 rings (SSSR count). The third-order valence-corrected chi connectivity index (χ3v) is 4.26. The summed E-state index contributed by atoms with van der Waals surface area (Å²) in [6, 6.07) is 11.5. The van der Waals surface area contributed by atoms with Crippen LogP contribution in [0.2, 0.25) is 0 Å². The Morgan fingerprint density at radius 2 is 2.15 bits per heavy atom. The Labute approximate surface area is 154 Å². The molecule has 7 nitrogen and oxygen atoms in total. The number of H-pyrrole nitrogens is 1. The van der Waals surface area contributed by atoms with Crippen molar-refractivity contribution in [2.75, 3.05) is 24.5 Å². The highest BCUT2D eigenvalue weighted by atomic mass is 19.1. The molecule has 1 aliphatic heterocycles. The predicted octanol–water partition coefficient (Wildman–Crippen LogP) is 1.79. The summed E-state index contributed by atoms with van der Waals surface area (Å²) in [6.07, 6.45) is 0.487. The summed E-state index contributed by atoms with van der Waals surface area (Å²) in [5.74, 6) is 0.197. The number of aromatic amines is 1. The standard InChI is InChI=1S/C19H17FN4O3/c20-12-5-6-13-14(9-12)23-17(22-13)7-8-21-18(25)10-24-11-19(26)27-16-4-2-1-3-15(16)24/h1-6,9H,7-8,10-11H2,(H,21,25)(H,22,23). The van der Waals surface area contributed by atoms with Crippen molar-refractivity contribution in [2.24, 2.45) is 0 Å². The number of hydrogen-bond donors (Lipinski definition) is 2. The van der Waals surface area contributed by atoms with Crippen molar-refractivity contribution in [1.29, 1.82) is 0 Å². The second kappa shape index (κ2) is 7.06. The molecule has 3 aromatic rings. The number of imidazole rings is 1. The van der Waals surface area contributed by atoms with Crippen molar-refractivity contribution in [2.45, 2.75) is 6.42 Å². The van der Waals surface area contributed by atoms with Crippen LogP contribution in [-0.2, 0) is 16.0 Å². The van der Waals surface area contributed by atoms with E-state index in [0.717, 1.165) is 0 Å². The molecule has 0 bridgehead atoms. The van der Waals surface area contributed by atoms with Crippen molar-refractivity contribution in [3.8, 4) is 5.75 Å². The Bertz CT molecular complexity index is 1020. The lowest BCUT2D eigenvalue weighted by molar-refractivity contribution is -0.133. The number of fused-ring (bicyclic) bond motifs is 2. The van der Waals surface area contributed by atoms with E-state index in [2.05, 4.69) is 15.3 Å². The number of amides is 1. The van der Waals surface area contributed by atoms with Crippen LogP contribution in [0.25, 0.3) is 11.0 Å². The Morgan fingerprint density at radius 3 is 3.04 bits per heavy atom. The van der Waals surface area contributed by atoms with Crippen molar-refractivity contribution >= 4 is 28.6 Å². The Morgan fingerprint density at radius 1 is 1.30 bits per heavy atom. The number of halogens is 1. The van der Waals surface area contributed by atoms with E-state index in [1.54, 1.807) is 23.1 Å². The van der Waals surface area contributed by atoms with E-state index < -0.39 is 5.97 Å². The third-order valence-electron chi connectivity index (χ3n) is 4.26. The van der Waals surface area contributed by atoms with Crippen LogP contribution in [0, 0.1) is 5.82 Å². The molecule has 0 saturated carbocycles. The van der Waals surface area contributed by atoms with E-state index in [-0.39, 0.29) is 24.8 Å². The number of rotatable bonds is 5. The minimum absolute atomic E-state index is 0.0274. The van der Waals surface area contributed by atoms with Crippen LogP contribution in [0.5, 0.6) is 5.75 Å². The molecule has 1 aromatic heterocycles. The van der Waals surface area contributed by atoms with Crippen molar-refractivity contribution in [3.63, 3.8) is 0 Å². The third kappa shape index (κ3) is 3.74. The molecule has 2 heterocycles. The van der Waals surface area contributed by atoms with Crippen LogP contribution in [0.15, 0.2) is 42.5 Å². The molecule has 0 atom stereocenters. The van der Waals surface area contributed by atoms with Crippen molar-refractivity contribution < 1.29 is 18.7 Å². The average Bonchev–Trinajstić information content (AvgIpc) is 3.03. The number of esters is 1. The van der Waals surface area contributed by atoms with Gasteiger partial charge in [-0.2, -0.15) is 0 Å². The number of nitrogens with one attached hydrogen (secondary N) is 2. The molecule has 0 radical (unpaired) electrons. The van der Waals surface area contributed by atoms with E-state index in [1.807, 2.05) is 12.1 Å². The van der Waals surface area contributed by atoms with E-state index in [1.165, 1.54) is 12.1 Å². The second-order valence-corrected chi connectivity index (χ2v) is 6.24. The number of aromatic nitrogens is 2. The first-order valence-electron chi connectivity index (χ1n) is 8.54. The van der Waals surface area contributed by atoms with Gasteiger partial charge in [0.25, 0.3) is 0 Å². The smallest absolute Gasteiger partial charge is 0.331 e. The van der Waals surface area contributed by atoms with Crippen LogP contribution in [0.4, 0.5) is 10.1 Å². The molecule has 2 aromatic carbocycles. The summed E-state index contributed by atoms with van der Waals surface area (Å²) in [5.41, 5.74) is 2.02. The Kier molecular flexibility index (Phi) is 4.45. The first-order valence-corrected chi connectivity index (χ1v) is 8.54. The lowest BCUT2D eigenvalue weighted by atomic mass is 10.2. The fraction of sp³-hybridized carbons (Fsp3) is 0.211. The van der Waals surface area contributed by atoms with Gasteiger partial charge in [0.1, 0.15) is 18.2 Å². The monoisotopic (exact) mass is 368 g/mol. The Hall–Kier alpha value is -3.42. The summed E-state index contributed by atoms with van der Waals surface area (Å²) in [6.45, 7) is 0.456. The van der Waals surface area contributed by atoms with Gasteiger partial charge in [0.05, 0.1) is 23.3 Å². The number of anilines is 1. The molecule has 8 heteroatoms. The summed E-state index contributed by atoms with van der Waals surface area (Å²) >= 11 is 0. The van der Waals surface area contributed by atoms with Gasteiger partial charge >= 0.3 is 5.97 Å². The molecular weight excluding hydrogens is 351 g/mol. The van der Waals surface area contributed by atoms with E-state index in [9.17, 15) is 14.0 Å². The number of carbonyl (C=O) groups is 2. The minimum Gasteiger partial charge on any atom is -0.423 e. The molecular formula is C19H17FN4O3. The number of ether oxygens (including phenoxy) is 1. The number of benzene rings is 2. The van der Waals surface area contributed by atoms with Crippen molar-refractivity contribution in [3.05, 3.63) is 54.1 Å². The van der Waals surface area contributed by atoms with Gasteiger partial charge in [-0.1, -0.05) is 12.1 Å². The van der Waals surface area contributed by atoms with Gasteiger partial charge in [-0.3, -0.25) is 4.79 Å². The largest absolute Gasteiger partial charge is 0.423 e. The quantitative estimate of drug-likeness (QED) is 0.530. The normalized spacial score (nSPS) is 13.4. The molecule has 0 aliphatic carbocycles. The molecule has 2 N–H and O–H groups in total. The van der Waals surface area contributed by atoms with Gasteiger partial charge in [0.2, 0.25) is 5.91 Å². The highest BCUT2D eigenvalue weighted by Gasteiger charge is 2.25. The average molecular weight is 368 g/mol. The van der Waals surface area contributed by atoms with E-state index >= 15 is 0 Å². The SMILES string of the molecule is O=C(CN1CC(=O)Oc2ccccc21)NCCc1nc2ccc(F)cc2[nH]1. The molecule has 0 fully saturated rings. The van der Waals surface area contributed by atoms with Crippen LogP contribution < -0.4 is 15.0 Å². The molecule has 138 valence electrons. The van der Waals surface area contributed by atoms with Gasteiger partial charge in [0, 0.05) is 13.0 Å². The summed E-state index contributed by atoms with van der Waals surface area (Å²) in [4.78, 5) is 33.0. The maximum atomic E-state index is 13.2. The number of nitrogens with zero attached hydrogens (tertiary/aromatic N) is 2. The maximum Gasteiger partial charge on any atom is 0.331 e. The number of hydrogen-bond acceptors (Lipinski definition) is 5. The zero-order valence-electron chi connectivity index (χ0n) is 14.4. The molecule has 0 saturated heterocycles. The highest BCUT2D eigenvalue weighted by molar-refractivity contribution is 5.89. The van der Waals surface area contributed by atoms with Gasteiger partial charge in [0.15, 0.2) is 5.75 Å². The first kappa shape index (κ1) is 17.0. The van der Waals surface area contributed by atoms with Gasteiger partial charge in [-0.25, -0.2) is 14.2 Å². The van der Waals surface area contributed by atoms with Crippen LogP contribution in [-0.4, -0.2) is 41.5 Å². The zero-order valence-corrected chi connectivity index (χ0v) is 14.4. The maximum absolute atomic E-state index is 13.2. The summed E-state index contributed by atoms with van der Waals surface area (Å²) in [5, 5.41) is 2.81. The predicted molar refractivity (Wildman–Crippen MR) is 97.1 cm³/mol. The fourth-order valence-electron chi connectivity index (χ4n) is 3.04. The molecule has 1 amide bonds. The zero-order chi connectivity index (χ0) is 18.8. The lowest BCUT2D eigenvalue weighted by Crippen LogP contribution is -2.43. The first-order chi connectivity index (χ1) is 13.1. The van der Waals surface area contributed by atoms with Crippen LogP contribution >= 0.6 is 0 Å². The van der Waals surface area contributed by atoms with Gasteiger partial charge in [-0.05, 0) is 30.3 Å². The summed E-state index contributed by atoms with van der Waals surface area (Å²) < 4.78 is 18.4. The van der Waals surface area contributed by atoms with E-state index in [0.29, 0.717) is 41.3 Å². The number of carbonyl (C=O) groups excluding carboxylic acids is 2. The highest BCUT2D eigenvalue weighted by Crippen LogP contribution is 2.30. The molecule has 0 unspecified atom stereocenters. The van der Waals surface area contributed by atoms with Crippen molar-refractivity contribution in [1.82, 2.24) is 15.3 Å². The van der Waals surface area contributed by atoms with Gasteiger partial charge < -0.3 is 19.9 Å². The van der Waals surface area contributed by atoms with E-state index in [4.69, 9.17) is 4.74 Å². The lowest BCUT2D eigenvalue weighted by Gasteiger charge is -2.29. The van der Waals surface area contributed by atoms with Crippen LogP contribution in [0.3, 0.4) is 0 Å². The van der Waals surface area contributed by atoms with Gasteiger partial charge in [-0.15, -0.1) is 0 Å². The summed E-state index contributed by atoms with van der Waals surface area (Å²) in [7, 11) is 0. The Balaban J connectivity index is 1.34. The topological polar surface area (TPSA) is 87.3 Å². The molecule has 0 spiro atoms. The molecule has 27 heavy (non-hydrogen) atoms. The second-order valence-electron chi connectivity index (χ2n) is 6.24. The fourth-order valence-corrected chi connectivity index (χ4v) is 3.04. The van der Waals surface area contributed by atoms with Crippen LogP contribution in [0.1, 0.15) is 5.82 Å². The minimum atomic E-state index is -0.393. The molecule has 1 aliphatic rings. The number of para-hydroxylation sites is 2.